The molecule has 0 aliphatic rings. The highest BCUT2D eigenvalue weighted by Gasteiger charge is 2.06. The summed E-state index contributed by atoms with van der Waals surface area (Å²) in [5, 5.41) is 0. The van der Waals surface area contributed by atoms with Gasteiger partial charge in [-0.15, -0.1) is 0 Å². The van der Waals surface area contributed by atoms with Crippen molar-refractivity contribution in [3.05, 3.63) is 0 Å². The summed E-state index contributed by atoms with van der Waals surface area (Å²) in [6.07, 6.45) is 20.7. The van der Waals surface area contributed by atoms with Crippen molar-refractivity contribution in [2.75, 3.05) is 13.2 Å². The predicted molar refractivity (Wildman–Crippen MR) is 121 cm³/mol. The molecule has 4 nitrogen and oxygen atoms in total. The van der Waals surface area contributed by atoms with Crippen molar-refractivity contribution in [2.45, 2.75) is 136 Å². The Morgan fingerprint density at radius 3 is 1.10 bits per heavy atom. The van der Waals surface area contributed by atoms with Gasteiger partial charge in [-0.2, -0.15) is 0 Å². The molecule has 0 fully saturated rings. The number of carbonyl (C=O) groups excluding carboxylic acids is 2. The molecule has 0 bridgehead atoms. The molecule has 172 valence electrons. The molecule has 0 heterocycles. The van der Waals surface area contributed by atoms with E-state index in [1.54, 1.807) is 0 Å². The van der Waals surface area contributed by atoms with E-state index in [2.05, 4.69) is 13.8 Å². The van der Waals surface area contributed by atoms with Gasteiger partial charge >= 0.3 is 11.9 Å². The van der Waals surface area contributed by atoms with E-state index < -0.39 is 0 Å². The molecule has 0 aromatic carbocycles. The Bertz CT molecular complexity index is 368. The van der Waals surface area contributed by atoms with Crippen LogP contribution in [0.25, 0.3) is 0 Å². The number of esters is 2. The molecule has 0 aliphatic carbocycles. The minimum Gasteiger partial charge on any atom is -0.466 e. The van der Waals surface area contributed by atoms with Crippen molar-refractivity contribution in [1.82, 2.24) is 0 Å². The van der Waals surface area contributed by atoms with Crippen molar-refractivity contribution < 1.29 is 19.1 Å². The van der Waals surface area contributed by atoms with Crippen LogP contribution in [0.5, 0.6) is 0 Å². The smallest absolute Gasteiger partial charge is 0.305 e. The third-order valence-electron chi connectivity index (χ3n) is 5.28. The molecule has 0 saturated heterocycles. The van der Waals surface area contributed by atoms with Crippen LogP contribution in [0.1, 0.15) is 136 Å². The summed E-state index contributed by atoms with van der Waals surface area (Å²) in [5.41, 5.74) is 0. The van der Waals surface area contributed by atoms with Gasteiger partial charge in [-0.3, -0.25) is 9.59 Å². The van der Waals surface area contributed by atoms with E-state index in [-0.39, 0.29) is 11.9 Å². The minimum absolute atomic E-state index is 0.135. The van der Waals surface area contributed by atoms with Gasteiger partial charge in [-0.1, -0.05) is 97.3 Å². The molecule has 4 heteroatoms. The Morgan fingerprint density at radius 1 is 0.448 bits per heavy atom. The van der Waals surface area contributed by atoms with Gasteiger partial charge in [-0.25, -0.2) is 0 Å². The van der Waals surface area contributed by atoms with Gasteiger partial charge in [-0.05, 0) is 25.7 Å². The average Bonchev–Trinajstić information content (AvgIpc) is 2.72. The second-order valence-electron chi connectivity index (χ2n) is 8.24. The molecule has 0 N–H and O–H groups in total. The Balaban J connectivity index is 3.30. The normalized spacial score (nSPS) is 10.8. The molecule has 0 radical (unpaired) electrons. The van der Waals surface area contributed by atoms with Crippen molar-refractivity contribution in [3.63, 3.8) is 0 Å². The Hall–Kier alpha value is -1.06. The van der Waals surface area contributed by atoms with Gasteiger partial charge in [0.15, 0.2) is 0 Å². The summed E-state index contributed by atoms with van der Waals surface area (Å²) in [4.78, 5) is 23.4. The van der Waals surface area contributed by atoms with Crippen molar-refractivity contribution in [1.29, 1.82) is 0 Å². The van der Waals surface area contributed by atoms with Crippen LogP contribution in [-0.2, 0) is 19.1 Å². The molecular formula is C25H48O4. The van der Waals surface area contributed by atoms with Gasteiger partial charge < -0.3 is 9.47 Å². The van der Waals surface area contributed by atoms with Crippen molar-refractivity contribution >= 4 is 11.9 Å². The maximum Gasteiger partial charge on any atom is 0.305 e. The fraction of sp³-hybridized carbons (Fsp3) is 0.920. The van der Waals surface area contributed by atoms with Crippen molar-refractivity contribution in [3.8, 4) is 0 Å². The van der Waals surface area contributed by atoms with Crippen molar-refractivity contribution in [2.24, 2.45) is 0 Å². The van der Waals surface area contributed by atoms with Crippen LogP contribution in [0.3, 0.4) is 0 Å². The summed E-state index contributed by atoms with van der Waals surface area (Å²) >= 11 is 0. The molecule has 29 heavy (non-hydrogen) atoms. The summed E-state index contributed by atoms with van der Waals surface area (Å²) in [6, 6.07) is 0. The van der Waals surface area contributed by atoms with E-state index in [1.165, 1.54) is 70.6 Å². The zero-order chi connectivity index (χ0) is 21.4. The Labute approximate surface area is 180 Å². The first-order chi connectivity index (χ1) is 14.2. The number of hydrogen-bond acceptors (Lipinski definition) is 4. The second-order valence-corrected chi connectivity index (χ2v) is 8.24. The van der Waals surface area contributed by atoms with E-state index >= 15 is 0 Å². The molecule has 0 saturated carbocycles. The van der Waals surface area contributed by atoms with Gasteiger partial charge in [0.05, 0.1) is 13.2 Å². The third kappa shape index (κ3) is 23.1. The number of ether oxygens (including phenoxy) is 2. The maximum atomic E-state index is 11.7. The monoisotopic (exact) mass is 412 g/mol. The molecule has 0 amide bonds. The summed E-state index contributed by atoms with van der Waals surface area (Å²) in [7, 11) is 0. The molecule has 0 unspecified atom stereocenters. The first-order valence-corrected chi connectivity index (χ1v) is 12.5. The highest BCUT2D eigenvalue weighted by atomic mass is 16.5. The first kappa shape index (κ1) is 27.9. The molecular weight excluding hydrogens is 364 g/mol. The number of rotatable bonds is 22. The van der Waals surface area contributed by atoms with E-state index in [0.29, 0.717) is 38.9 Å². The first-order valence-electron chi connectivity index (χ1n) is 12.5. The van der Waals surface area contributed by atoms with Crippen LogP contribution in [-0.4, -0.2) is 25.2 Å². The van der Waals surface area contributed by atoms with E-state index in [9.17, 15) is 9.59 Å². The fourth-order valence-corrected chi connectivity index (χ4v) is 3.35. The fourth-order valence-electron chi connectivity index (χ4n) is 3.35. The number of carbonyl (C=O) groups is 2. The van der Waals surface area contributed by atoms with Gasteiger partial charge in [0.25, 0.3) is 0 Å². The number of hydrogen-bond donors (Lipinski definition) is 0. The van der Waals surface area contributed by atoms with Crippen LogP contribution in [0.4, 0.5) is 0 Å². The highest BCUT2D eigenvalue weighted by molar-refractivity contribution is 5.70. The van der Waals surface area contributed by atoms with Crippen LogP contribution in [0.15, 0.2) is 0 Å². The lowest BCUT2D eigenvalue weighted by Gasteiger charge is -2.06. The standard InChI is InChI=1S/C25H48O4/c1-3-5-7-9-11-13-15-19-23-29-25(27)21-17-16-20-24(26)28-22-18-14-12-10-8-6-4-2/h3-23H2,1-2H3. The minimum atomic E-state index is -0.136. The molecule has 0 spiro atoms. The topological polar surface area (TPSA) is 52.6 Å². The Morgan fingerprint density at radius 2 is 0.759 bits per heavy atom. The van der Waals surface area contributed by atoms with E-state index in [4.69, 9.17) is 9.47 Å². The second kappa shape index (κ2) is 23.2. The summed E-state index contributed by atoms with van der Waals surface area (Å²) in [5.74, 6) is -0.271. The third-order valence-corrected chi connectivity index (χ3v) is 5.28. The average molecular weight is 413 g/mol. The van der Waals surface area contributed by atoms with Crippen LogP contribution < -0.4 is 0 Å². The summed E-state index contributed by atoms with van der Waals surface area (Å²) in [6.45, 7) is 5.53. The molecule has 0 atom stereocenters. The zero-order valence-electron chi connectivity index (χ0n) is 19.5. The molecule has 0 aromatic heterocycles. The number of unbranched alkanes of at least 4 members (excludes halogenated alkanes) is 14. The lowest BCUT2D eigenvalue weighted by Crippen LogP contribution is -2.08. The van der Waals surface area contributed by atoms with Gasteiger partial charge in [0, 0.05) is 12.8 Å². The lowest BCUT2D eigenvalue weighted by molar-refractivity contribution is -0.146. The van der Waals surface area contributed by atoms with E-state index in [0.717, 1.165) is 25.7 Å². The molecule has 0 aliphatic heterocycles. The van der Waals surface area contributed by atoms with E-state index in [1.807, 2.05) is 0 Å². The Kier molecular flexibility index (Phi) is 22.4. The highest BCUT2D eigenvalue weighted by Crippen LogP contribution is 2.10. The predicted octanol–water partition coefficient (Wildman–Crippen LogP) is 7.52. The molecule has 0 aromatic rings. The quantitative estimate of drug-likeness (QED) is 0.136. The zero-order valence-corrected chi connectivity index (χ0v) is 19.5. The summed E-state index contributed by atoms with van der Waals surface area (Å²) < 4.78 is 10.5. The van der Waals surface area contributed by atoms with Crippen LogP contribution in [0, 0.1) is 0 Å². The lowest BCUT2D eigenvalue weighted by atomic mass is 10.1. The van der Waals surface area contributed by atoms with Crippen LogP contribution >= 0.6 is 0 Å². The maximum absolute atomic E-state index is 11.7. The molecule has 0 rings (SSSR count). The largest absolute Gasteiger partial charge is 0.466 e. The van der Waals surface area contributed by atoms with Crippen LogP contribution in [0.2, 0.25) is 0 Å². The van der Waals surface area contributed by atoms with Gasteiger partial charge in [0.1, 0.15) is 0 Å². The van der Waals surface area contributed by atoms with Gasteiger partial charge in [0.2, 0.25) is 0 Å². The SMILES string of the molecule is CCCCCCCCCCOC(=O)CCCCC(=O)OCCCCCCCCC.